The van der Waals surface area contributed by atoms with Crippen molar-refractivity contribution in [2.45, 2.75) is 27.2 Å². The number of hydrogen-bond donors (Lipinski definition) is 1. The normalized spacial score (nSPS) is 11.4. The molecule has 1 heterocycles. The van der Waals surface area contributed by atoms with Crippen LogP contribution < -0.4 is 19.5 Å². The molecule has 6 heteroatoms. The molecule has 4 rings (SSSR count). The SMILES string of the molecule is CCOc1cc2occ(-c3cc(OC)ccc3OC)c2cc1/C(C)=C/C(=O)Nc1ccc(CC)cc1. The Morgan fingerprint density at radius 2 is 1.72 bits per heavy atom. The molecule has 36 heavy (non-hydrogen) atoms. The molecule has 0 saturated heterocycles. The monoisotopic (exact) mass is 485 g/mol. The van der Waals surface area contributed by atoms with E-state index in [9.17, 15) is 4.79 Å². The van der Waals surface area contributed by atoms with Crippen LogP contribution in [0.5, 0.6) is 17.2 Å². The molecule has 0 atom stereocenters. The van der Waals surface area contributed by atoms with Crippen LogP contribution in [0.3, 0.4) is 0 Å². The molecular weight excluding hydrogens is 454 g/mol. The fourth-order valence-corrected chi connectivity index (χ4v) is 4.15. The summed E-state index contributed by atoms with van der Waals surface area (Å²) in [6, 6.07) is 17.3. The third kappa shape index (κ3) is 5.23. The van der Waals surface area contributed by atoms with Crippen molar-refractivity contribution in [2.75, 3.05) is 26.1 Å². The summed E-state index contributed by atoms with van der Waals surface area (Å²) in [5, 5.41) is 3.82. The number of hydrogen-bond acceptors (Lipinski definition) is 5. The van der Waals surface area contributed by atoms with Gasteiger partial charge in [0.2, 0.25) is 5.91 Å². The van der Waals surface area contributed by atoms with E-state index in [-0.39, 0.29) is 5.91 Å². The van der Waals surface area contributed by atoms with Gasteiger partial charge in [-0.2, -0.15) is 0 Å². The molecule has 4 aromatic rings. The van der Waals surface area contributed by atoms with Crippen LogP contribution in [0.2, 0.25) is 0 Å². The van der Waals surface area contributed by atoms with Crippen LogP contribution in [0.4, 0.5) is 5.69 Å². The van der Waals surface area contributed by atoms with E-state index in [1.54, 1.807) is 26.6 Å². The second-order valence-electron chi connectivity index (χ2n) is 8.36. The van der Waals surface area contributed by atoms with Gasteiger partial charge in [-0.1, -0.05) is 19.1 Å². The molecule has 0 aliphatic rings. The largest absolute Gasteiger partial charge is 0.497 e. The van der Waals surface area contributed by atoms with Crippen molar-refractivity contribution in [3.05, 3.63) is 78.1 Å². The molecule has 1 aromatic heterocycles. The van der Waals surface area contributed by atoms with Crippen LogP contribution in [0.15, 0.2) is 71.4 Å². The average molecular weight is 486 g/mol. The zero-order chi connectivity index (χ0) is 25.7. The van der Waals surface area contributed by atoms with E-state index in [1.165, 1.54) is 5.56 Å². The van der Waals surface area contributed by atoms with Crippen LogP contribution in [0, 0.1) is 0 Å². The van der Waals surface area contributed by atoms with Gasteiger partial charge in [0.1, 0.15) is 22.8 Å². The number of carbonyl (C=O) groups excluding carboxylic acids is 1. The number of fused-ring (bicyclic) bond motifs is 1. The Bertz CT molecular complexity index is 1400. The summed E-state index contributed by atoms with van der Waals surface area (Å²) in [7, 11) is 3.26. The predicted molar refractivity (Wildman–Crippen MR) is 144 cm³/mol. The summed E-state index contributed by atoms with van der Waals surface area (Å²) in [4.78, 5) is 12.8. The van der Waals surface area contributed by atoms with E-state index >= 15 is 0 Å². The summed E-state index contributed by atoms with van der Waals surface area (Å²) in [6.07, 6.45) is 4.24. The fraction of sp³-hybridized carbons (Fsp3) is 0.233. The highest BCUT2D eigenvalue weighted by Crippen LogP contribution is 2.41. The maximum Gasteiger partial charge on any atom is 0.248 e. The van der Waals surface area contributed by atoms with Crippen molar-refractivity contribution < 1.29 is 23.4 Å². The van der Waals surface area contributed by atoms with Crippen molar-refractivity contribution in [3.63, 3.8) is 0 Å². The summed E-state index contributed by atoms with van der Waals surface area (Å²) >= 11 is 0. The van der Waals surface area contributed by atoms with Gasteiger partial charge in [-0.15, -0.1) is 0 Å². The molecule has 0 aliphatic heterocycles. The first-order chi connectivity index (χ1) is 17.5. The van der Waals surface area contributed by atoms with E-state index in [2.05, 4.69) is 12.2 Å². The quantitative estimate of drug-likeness (QED) is 0.256. The summed E-state index contributed by atoms with van der Waals surface area (Å²) in [5.74, 6) is 1.86. The van der Waals surface area contributed by atoms with Crippen LogP contribution in [-0.2, 0) is 11.2 Å². The maximum absolute atomic E-state index is 12.8. The minimum Gasteiger partial charge on any atom is -0.497 e. The van der Waals surface area contributed by atoms with E-state index in [4.69, 9.17) is 18.6 Å². The smallest absolute Gasteiger partial charge is 0.248 e. The zero-order valence-corrected chi connectivity index (χ0v) is 21.3. The number of allylic oxidation sites excluding steroid dienone is 1. The summed E-state index contributed by atoms with van der Waals surface area (Å²) in [5.41, 5.74) is 5.94. The van der Waals surface area contributed by atoms with Gasteiger partial charge in [-0.25, -0.2) is 0 Å². The molecule has 0 fully saturated rings. The van der Waals surface area contributed by atoms with Gasteiger partial charge < -0.3 is 23.9 Å². The number of ether oxygens (including phenoxy) is 3. The van der Waals surface area contributed by atoms with Crippen molar-refractivity contribution in [1.82, 2.24) is 0 Å². The summed E-state index contributed by atoms with van der Waals surface area (Å²) in [6.45, 7) is 6.41. The first-order valence-corrected chi connectivity index (χ1v) is 12.0. The van der Waals surface area contributed by atoms with Crippen LogP contribution in [0.25, 0.3) is 27.7 Å². The fourth-order valence-electron chi connectivity index (χ4n) is 4.15. The number of amides is 1. The van der Waals surface area contributed by atoms with Crippen molar-refractivity contribution in [3.8, 4) is 28.4 Å². The number of benzene rings is 3. The van der Waals surface area contributed by atoms with Gasteiger partial charge in [0, 0.05) is 39.9 Å². The third-order valence-corrected chi connectivity index (χ3v) is 6.07. The lowest BCUT2D eigenvalue weighted by molar-refractivity contribution is -0.111. The number of furan rings is 1. The van der Waals surface area contributed by atoms with Gasteiger partial charge in [-0.05, 0) is 67.8 Å². The lowest BCUT2D eigenvalue weighted by Crippen LogP contribution is -2.08. The van der Waals surface area contributed by atoms with E-state index < -0.39 is 0 Å². The Kier molecular flexibility index (Phi) is 7.64. The number of anilines is 1. The number of carbonyl (C=O) groups is 1. The molecule has 186 valence electrons. The number of rotatable bonds is 9. The molecule has 1 N–H and O–H groups in total. The highest BCUT2D eigenvalue weighted by molar-refractivity contribution is 6.05. The van der Waals surface area contributed by atoms with Crippen molar-refractivity contribution in [1.29, 1.82) is 0 Å². The summed E-state index contributed by atoms with van der Waals surface area (Å²) < 4.78 is 22.8. The Morgan fingerprint density at radius 3 is 2.39 bits per heavy atom. The minimum absolute atomic E-state index is 0.207. The second-order valence-corrected chi connectivity index (χ2v) is 8.36. The number of methoxy groups -OCH3 is 2. The lowest BCUT2D eigenvalue weighted by Gasteiger charge is -2.13. The Morgan fingerprint density at radius 1 is 0.944 bits per heavy atom. The second kappa shape index (κ2) is 11.0. The average Bonchev–Trinajstić information content (AvgIpc) is 3.31. The van der Waals surface area contributed by atoms with Gasteiger partial charge in [0.05, 0.1) is 27.1 Å². The van der Waals surface area contributed by atoms with Crippen LogP contribution in [-0.4, -0.2) is 26.7 Å². The molecule has 0 unspecified atom stereocenters. The van der Waals surface area contributed by atoms with Crippen LogP contribution in [0.1, 0.15) is 31.9 Å². The Balaban J connectivity index is 1.74. The molecule has 1 amide bonds. The lowest BCUT2D eigenvalue weighted by atomic mass is 9.98. The van der Waals surface area contributed by atoms with E-state index in [1.807, 2.05) is 68.4 Å². The van der Waals surface area contributed by atoms with Crippen LogP contribution >= 0.6 is 0 Å². The number of aryl methyl sites for hydroxylation is 1. The standard InChI is InChI=1S/C30H31NO5/c1-6-20-8-10-21(11-9-20)31-30(32)14-19(3)23-16-25-26(18-36-29(25)17-28(23)35-7-2)24-15-22(33-4)12-13-27(24)34-5/h8-18H,6-7H2,1-5H3,(H,31,32)/b19-14+. The Labute approximate surface area is 211 Å². The molecule has 6 nitrogen and oxygen atoms in total. The zero-order valence-electron chi connectivity index (χ0n) is 21.3. The van der Waals surface area contributed by atoms with Gasteiger partial charge >= 0.3 is 0 Å². The van der Waals surface area contributed by atoms with Crippen molar-refractivity contribution in [2.24, 2.45) is 0 Å². The predicted octanol–water partition coefficient (Wildman–Crippen LogP) is 7.12. The van der Waals surface area contributed by atoms with Gasteiger partial charge in [-0.3, -0.25) is 4.79 Å². The molecule has 0 bridgehead atoms. The number of nitrogens with one attached hydrogen (secondary N) is 1. The maximum atomic E-state index is 12.8. The Hall–Kier alpha value is -4.19. The molecule has 0 spiro atoms. The first kappa shape index (κ1) is 24.9. The van der Waals surface area contributed by atoms with Crippen molar-refractivity contribution >= 4 is 28.1 Å². The van der Waals surface area contributed by atoms with Gasteiger partial charge in [0.15, 0.2) is 0 Å². The van der Waals surface area contributed by atoms with E-state index in [0.717, 1.165) is 39.8 Å². The molecule has 0 aliphatic carbocycles. The first-order valence-electron chi connectivity index (χ1n) is 12.0. The third-order valence-electron chi connectivity index (χ3n) is 6.07. The minimum atomic E-state index is -0.207. The van der Waals surface area contributed by atoms with E-state index in [0.29, 0.717) is 29.4 Å². The molecular formula is C30H31NO5. The highest BCUT2D eigenvalue weighted by atomic mass is 16.5. The highest BCUT2D eigenvalue weighted by Gasteiger charge is 2.18. The molecule has 0 saturated carbocycles. The van der Waals surface area contributed by atoms with Gasteiger partial charge in [0.25, 0.3) is 0 Å². The molecule has 3 aromatic carbocycles. The topological polar surface area (TPSA) is 69.9 Å². The molecule has 0 radical (unpaired) electrons.